The van der Waals surface area contributed by atoms with Gasteiger partial charge in [-0.05, 0) is 39.0 Å². The van der Waals surface area contributed by atoms with Crippen LogP contribution in [0.3, 0.4) is 0 Å². The SMILES string of the molecule is COC(=O)C(C)(CCCCn1cncn1)NC1CC1. The highest BCUT2D eigenvalue weighted by Crippen LogP contribution is 2.26. The number of hydrogen-bond acceptors (Lipinski definition) is 5. The molecule has 1 aromatic rings. The van der Waals surface area contributed by atoms with E-state index in [2.05, 4.69) is 15.4 Å². The van der Waals surface area contributed by atoms with Gasteiger partial charge in [-0.15, -0.1) is 0 Å². The molecule has 0 saturated heterocycles. The van der Waals surface area contributed by atoms with E-state index < -0.39 is 5.54 Å². The Morgan fingerprint density at radius 3 is 2.89 bits per heavy atom. The van der Waals surface area contributed by atoms with Crippen LogP contribution in [0, 0.1) is 0 Å². The summed E-state index contributed by atoms with van der Waals surface area (Å²) in [5.41, 5.74) is -0.557. The summed E-state index contributed by atoms with van der Waals surface area (Å²) in [4.78, 5) is 15.8. The van der Waals surface area contributed by atoms with Gasteiger partial charge in [0.05, 0.1) is 7.11 Å². The predicted octanol–water partition coefficient (Wildman–Crippen LogP) is 1.13. The first-order chi connectivity index (χ1) is 9.14. The van der Waals surface area contributed by atoms with Crippen LogP contribution in [-0.4, -0.2) is 39.4 Å². The van der Waals surface area contributed by atoms with Crippen molar-refractivity contribution < 1.29 is 9.53 Å². The lowest BCUT2D eigenvalue weighted by molar-refractivity contribution is -0.148. The molecule has 6 nitrogen and oxygen atoms in total. The number of methoxy groups -OCH3 is 1. The molecule has 1 heterocycles. The number of unbranched alkanes of at least 4 members (excludes halogenated alkanes) is 1. The Labute approximate surface area is 113 Å². The molecule has 0 amide bonds. The van der Waals surface area contributed by atoms with Gasteiger partial charge in [-0.2, -0.15) is 5.10 Å². The Morgan fingerprint density at radius 2 is 2.32 bits per heavy atom. The zero-order valence-corrected chi connectivity index (χ0v) is 11.6. The van der Waals surface area contributed by atoms with E-state index in [0.717, 1.165) is 38.6 Å². The van der Waals surface area contributed by atoms with Crippen LogP contribution < -0.4 is 5.32 Å². The van der Waals surface area contributed by atoms with Crippen LogP contribution in [0.1, 0.15) is 39.0 Å². The molecule has 6 heteroatoms. The number of ether oxygens (including phenoxy) is 1. The van der Waals surface area contributed by atoms with E-state index in [1.165, 1.54) is 13.4 Å². The number of aryl methyl sites for hydroxylation is 1. The first-order valence-electron chi connectivity index (χ1n) is 6.82. The summed E-state index contributed by atoms with van der Waals surface area (Å²) in [6, 6.07) is 0.486. The van der Waals surface area contributed by atoms with Gasteiger partial charge in [-0.25, -0.2) is 4.98 Å². The molecule has 1 N–H and O–H groups in total. The molecule has 19 heavy (non-hydrogen) atoms. The van der Waals surface area contributed by atoms with E-state index >= 15 is 0 Å². The van der Waals surface area contributed by atoms with Gasteiger partial charge in [-0.3, -0.25) is 14.8 Å². The normalized spacial score (nSPS) is 18.0. The number of carbonyl (C=O) groups is 1. The minimum atomic E-state index is -0.557. The monoisotopic (exact) mass is 266 g/mol. The van der Waals surface area contributed by atoms with Gasteiger partial charge in [0, 0.05) is 12.6 Å². The predicted molar refractivity (Wildman–Crippen MR) is 70.5 cm³/mol. The third-order valence-electron chi connectivity index (χ3n) is 3.52. The number of nitrogens with one attached hydrogen (secondary N) is 1. The highest BCUT2D eigenvalue weighted by molar-refractivity contribution is 5.80. The van der Waals surface area contributed by atoms with E-state index in [-0.39, 0.29) is 5.97 Å². The molecule has 106 valence electrons. The molecule has 1 aliphatic rings. The van der Waals surface area contributed by atoms with Gasteiger partial charge in [-0.1, -0.05) is 0 Å². The van der Waals surface area contributed by atoms with E-state index in [0.29, 0.717) is 6.04 Å². The second-order valence-corrected chi connectivity index (χ2v) is 5.36. The molecule has 2 rings (SSSR count). The molecule has 0 spiro atoms. The molecule has 1 aromatic heterocycles. The van der Waals surface area contributed by atoms with Gasteiger partial charge in [0.25, 0.3) is 0 Å². The Morgan fingerprint density at radius 1 is 1.53 bits per heavy atom. The van der Waals surface area contributed by atoms with Crippen LogP contribution >= 0.6 is 0 Å². The van der Waals surface area contributed by atoms with E-state index in [1.807, 2.05) is 11.6 Å². The maximum atomic E-state index is 11.9. The van der Waals surface area contributed by atoms with Crippen molar-refractivity contribution in [2.45, 2.75) is 57.2 Å². The fourth-order valence-corrected chi connectivity index (χ4v) is 2.24. The molecular weight excluding hydrogens is 244 g/mol. The Bertz CT molecular complexity index is 403. The quantitative estimate of drug-likeness (QED) is 0.564. The molecule has 0 bridgehead atoms. The number of aromatic nitrogens is 3. The number of rotatable bonds is 8. The van der Waals surface area contributed by atoms with Crippen molar-refractivity contribution in [1.29, 1.82) is 0 Å². The van der Waals surface area contributed by atoms with Crippen molar-refractivity contribution in [2.75, 3.05) is 7.11 Å². The molecule has 1 atom stereocenters. The first-order valence-corrected chi connectivity index (χ1v) is 6.82. The van der Waals surface area contributed by atoms with Crippen molar-refractivity contribution in [3.63, 3.8) is 0 Å². The molecule has 0 aliphatic heterocycles. The smallest absolute Gasteiger partial charge is 0.325 e. The number of hydrogen-bond donors (Lipinski definition) is 1. The fourth-order valence-electron chi connectivity index (χ4n) is 2.24. The highest BCUT2D eigenvalue weighted by Gasteiger charge is 2.38. The third-order valence-corrected chi connectivity index (χ3v) is 3.52. The summed E-state index contributed by atoms with van der Waals surface area (Å²) in [6.07, 6.45) is 8.27. The van der Waals surface area contributed by atoms with Crippen molar-refractivity contribution in [3.8, 4) is 0 Å². The molecule has 1 unspecified atom stereocenters. The Kier molecular flexibility index (Phi) is 4.52. The second-order valence-electron chi connectivity index (χ2n) is 5.36. The average Bonchev–Trinajstić information content (AvgIpc) is 3.06. The van der Waals surface area contributed by atoms with E-state index in [1.54, 1.807) is 6.33 Å². The second kappa shape index (κ2) is 6.14. The van der Waals surface area contributed by atoms with E-state index in [9.17, 15) is 4.79 Å². The number of nitrogens with zero attached hydrogens (tertiary/aromatic N) is 3. The summed E-state index contributed by atoms with van der Waals surface area (Å²) in [6.45, 7) is 2.77. The lowest BCUT2D eigenvalue weighted by Gasteiger charge is -2.28. The summed E-state index contributed by atoms with van der Waals surface area (Å²) in [5, 5.41) is 7.46. The number of carbonyl (C=O) groups excluding carboxylic acids is 1. The molecule has 1 saturated carbocycles. The van der Waals surface area contributed by atoms with Gasteiger partial charge in [0.1, 0.15) is 18.2 Å². The van der Waals surface area contributed by atoms with Crippen LogP contribution in [0.5, 0.6) is 0 Å². The summed E-state index contributed by atoms with van der Waals surface area (Å²) in [7, 11) is 1.45. The van der Waals surface area contributed by atoms with Gasteiger partial charge >= 0.3 is 5.97 Å². The Balaban J connectivity index is 1.77. The summed E-state index contributed by atoms with van der Waals surface area (Å²) < 4.78 is 6.73. The Hall–Kier alpha value is -1.43. The molecule has 1 fully saturated rings. The van der Waals surface area contributed by atoms with Gasteiger partial charge in [0.15, 0.2) is 0 Å². The van der Waals surface area contributed by atoms with Crippen molar-refractivity contribution in [1.82, 2.24) is 20.1 Å². The maximum Gasteiger partial charge on any atom is 0.325 e. The summed E-state index contributed by atoms with van der Waals surface area (Å²) in [5.74, 6) is -0.167. The minimum Gasteiger partial charge on any atom is -0.468 e. The highest BCUT2D eigenvalue weighted by atomic mass is 16.5. The van der Waals surface area contributed by atoms with Crippen molar-refractivity contribution in [2.24, 2.45) is 0 Å². The standard InChI is InChI=1S/C13H22N4O2/c1-13(12(18)19-2,16-11-5-6-11)7-3-4-8-17-10-14-9-15-17/h9-11,16H,3-8H2,1-2H3. The first kappa shape index (κ1) is 14.0. The summed E-state index contributed by atoms with van der Waals surface area (Å²) >= 11 is 0. The van der Waals surface area contributed by atoms with Gasteiger partial charge < -0.3 is 4.74 Å². The fraction of sp³-hybridized carbons (Fsp3) is 0.769. The third kappa shape index (κ3) is 4.02. The van der Waals surface area contributed by atoms with Crippen LogP contribution in [0.4, 0.5) is 0 Å². The van der Waals surface area contributed by atoms with Crippen molar-refractivity contribution in [3.05, 3.63) is 12.7 Å². The molecular formula is C13H22N4O2. The number of esters is 1. The lowest BCUT2D eigenvalue weighted by Crippen LogP contribution is -2.51. The van der Waals surface area contributed by atoms with Crippen LogP contribution in [0.25, 0.3) is 0 Å². The van der Waals surface area contributed by atoms with E-state index in [4.69, 9.17) is 4.74 Å². The minimum absolute atomic E-state index is 0.167. The molecule has 0 aromatic carbocycles. The molecule has 1 aliphatic carbocycles. The van der Waals surface area contributed by atoms with Crippen molar-refractivity contribution >= 4 is 5.97 Å². The zero-order valence-electron chi connectivity index (χ0n) is 11.6. The lowest BCUT2D eigenvalue weighted by atomic mass is 9.94. The van der Waals surface area contributed by atoms with Crippen LogP contribution in [-0.2, 0) is 16.1 Å². The van der Waals surface area contributed by atoms with Gasteiger partial charge in [0.2, 0.25) is 0 Å². The topological polar surface area (TPSA) is 69.0 Å². The molecule has 0 radical (unpaired) electrons. The average molecular weight is 266 g/mol. The zero-order chi connectivity index (χ0) is 13.7. The maximum absolute atomic E-state index is 11.9. The largest absolute Gasteiger partial charge is 0.468 e. The van der Waals surface area contributed by atoms with Crippen LogP contribution in [0.15, 0.2) is 12.7 Å². The van der Waals surface area contributed by atoms with Crippen LogP contribution in [0.2, 0.25) is 0 Å².